The summed E-state index contributed by atoms with van der Waals surface area (Å²) in [4.78, 5) is 28.9. The predicted octanol–water partition coefficient (Wildman–Crippen LogP) is 4.02. The molecular weight excluding hydrogens is 367 g/mol. The number of ketones is 1. The van der Waals surface area contributed by atoms with Crippen molar-refractivity contribution < 1.29 is 14.0 Å². The van der Waals surface area contributed by atoms with E-state index >= 15 is 0 Å². The minimum absolute atomic E-state index is 0.00416. The number of hydrogen-bond acceptors (Lipinski definition) is 3. The van der Waals surface area contributed by atoms with Crippen molar-refractivity contribution in [3.63, 3.8) is 0 Å². The van der Waals surface area contributed by atoms with Gasteiger partial charge in [0.25, 0.3) is 0 Å². The van der Waals surface area contributed by atoms with E-state index in [1.54, 1.807) is 17.0 Å². The maximum absolute atomic E-state index is 13.9. The minimum atomic E-state index is -0.233. The highest BCUT2D eigenvalue weighted by molar-refractivity contribution is 5.98. The number of piperazine rings is 1. The summed E-state index contributed by atoms with van der Waals surface area (Å²) in [5.41, 5.74) is 3.96. The molecule has 2 aliphatic rings. The summed E-state index contributed by atoms with van der Waals surface area (Å²) in [5, 5.41) is 0. The first kappa shape index (κ1) is 19.6. The largest absolute Gasteiger partial charge is 0.366 e. The van der Waals surface area contributed by atoms with Crippen molar-refractivity contribution in [2.75, 3.05) is 31.1 Å². The normalized spacial score (nSPS) is 16.4. The molecule has 1 amide bonds. The molecular formula is C24H27FN2O2. The first-order chi connectivity index (χ1) is 14.1. The Labute approximate surface area is 171 Å². The Balaban J connectivity index is 1.28. The van der Waals surface area contributed by atoms with Crippen molar-refractivity contribution in [1.82, 2.24) is 4.90 Å². The number of aryl methyl sites for hydroxylation is 2. The van der Waals surface area contributed by atoms with Crippen molar-refractivity contribution in [2.45, 2.75) is 38.5 Å². The van der Waals surface area contributed by atoms with Gasteiger partial charge in [0.1, 0.15) is 5.82 Å². The van der Waals surface area contributed by atoms with Gasteiger partial charge < -0.3 is 9.80 Å². The molecule has 2 aromatic carbocycles. The average Bonchev–Trinajstić information content (AvgIpc) is 2.77. The van der Waals surface area contributed by atoms with Crippen LogP contribution in [0.4, 0.5) is 10.1 Å². The van der Waals surface area contributed by atoms with Gasteiger partial charge in [0.2, 0.25) is 5.91 Å². The van der Waals surface area contributed by atoms with E-state index in [2.05, 4.69) is 6.07 Å². The standard InChI is InChI=1S/C24H27FN2O2/c25-21-7-3-4-8-22(21)26-13-15-27(16-14-26)24(29)12-11-23(28)20-10-9-18-5-1-2-6-19(18)17-20/h3-4,7-10,17H,1-2,5-6,11-16H2. The maximum Gasteiger partial charge on any atom is 0.223 e. The molecule has 4 nitrogen and oxygen atoms in total. The molecule has 152 valence electrons. The molecule has 1 saturated heterocycles. The highest BCUT2D eigenvalue weighted by Crippen LogP contribution is 2.23. The lowest BCUT2D eigenvalue weighted by atomic mass is 9.89. The topological polar surface area (TPSA) is 40.6 Å². The number of Topliss-reactive ketones (excluding diaryl/α,β-unsaturated/α-hetero) is 1. The molecule has 0 bridgehead atoms. The van der Waals surface area contributed by atoms with E-state index in [0.29, 0.717) is 31.9 Å². The zero-order valence-corrected chi connectivity index (χ0v) is 16.7. The first-order valence-electron chi connectivity index (χ1n) is 10.5. The molecule has 0 aromatic heterocycles. The third-order valence-corrected chi connectivity index (χ3v) is 6.06. The molecule has 1 aliphatic heterocycles. The van der Waals surface area contributed by atoms with Gasteiger partial charge in [0, 0.05) is 44.6 Å². The van der Waals surface area contributed by atoms with Gasteiger partial charge in [-0.05, 0) is 55.0 Å². The second-order valence-electron chi connectivity index (χ2n) is 7.93. The summed E-state index contributed by atoms with van der Waals surface area (Å²) < 4.78 is 13.9. The summed E-state index contributed by atoms with van der Waals surface area (Å²) >= 11 is 0. The van der Waals surface area contributed by atoms with E-state index in [0.717, 1.165) is 18.4 Å². The zero-order valence-electron chi connectivity index (χ0n) is 16.7. The van der Waals surface area contributed by atoms with Crippen LogP contribution in [0.25, 0.3) is 0 Å². The summed E-state index contributed by atoms with van der Waals surface area (Å²) in [7, 11) is 0. The number of carbonyl (C=O) groups is 2. The number of halogens is 1. The summed E-state index contributed by atoms with van der Waals surface area (Å²) in [6.07, 6.45) is 5.02. The molecule has 0 radical (unpaired) electrons. The molecule has 5 heteroatoms. The molecule has 1 heterocycles. The molecule has 4 rings (SSSR count). The Hall–Kier alpha value is -2.69. The van der Waals surface area contributed by atoms with E-state index in [9.17, 15) is 14.0 Å². The SMILES string of the molecule is O=C(CCC(=O)N1CCN(c2ccccc2F)CC1)c1ccc2c(c1)CCCC2. The highest BCUT2D eigenvalue weighted by atomic mass is 19.1. The number of para-hydroxylation sites is 1. The number of anilines is 1. The number of nitrogens with zero attached hydrogens (tertiary/aromatic N) is 2. The number of amides is 1. The van der Waals surface area contributed by atoms with Gasteiger partial charge in [-0.25, -0.2) is 4.39 Å². The monoisotopic (exact) mass is 394 g/mol. The first-order valence-corrected chi connectivity index (χ1v) is 10.5. The fourth-order valence-electron chi connectivity index (χ4n) is 4.33. The van der Waals surface area contributed by atoms with Crippen molar-refractivity contribution in [3.05, 3.63) is 65.0 Å². The van der Waals surface area contributed by atoms with Crippen LogP contribution < -0.4 is 4.90 Å². The molecule has 1 fully saturated rings. The molecule has 2 aromatic rings. The van der Waals surface area contributed by atoms with Crippen LogP contribution in [-0.2, 0) is 17.6 Å². The highest BCUT2D eigenvalue weighted by Gasteiger charge is 2.23. The van der Waals surface area contributed by atoms with Crippen molar-refractivity contribution in [1.29, 1.82) is 0 Å². The molecule has 0 spiro atoms. The van der Waals surface area contributed by atoms with Crippen LogP contribution in [0.2, 0.25) is 0 Å². The molecule has 0 unspecified atom stereocenters. The lowest BCUT2D eigenvalue weighted by Crippen LogP contribution is -2.49. The van der Waals surface area contributed by atoms with Crippen molar-refractivity contribution in [3.8, 4) is 0 Å². The number of hydrogen-bond donors (Lipinski definition) is 0. The lowest BCUT2D eigenvalue weighted by Gasteiger charge is -2.36. The second kappa shape index (κ2) is 8.76. The average molecular weight is 394 g/mol. The Kier molecular flexibility index (Phi) is 5.93. The van der Waals surface area contributed by atoms with Gasteiger partial charge in [0.05, 0.1) is 5.69 Å². The van der Waals surface area contributed by atoms with Crippen LogP contribution in [-0.4, -0.2) is 42.8 Å². The Bertz CT molecular complexity index is 904. The van der Waals surface area contributed by atoms with Gasteiger partial charge in [0.15, 0.2) is 5.78 Å². The minimum Gasteiger partial charge on any atom is -0.366 e. The lowest BCUT2D eigenvalue weighted by molar-refractivity contribution is -0.131. The maximum atomic E-state index is 13.9. The van der Waals surface area contributed by atoms with Gasteiger partial charge in [-0.2, -0.15) is 0 Å². The van der Waals surface area contributed by atoms with Crippen LogP contribution in [0.3, 0.4) is 0 Å². The molecule has 0 saturated carbocycles. The Morgan fingerprint density at radius 2 is 1.59 bits per heavy atom. The zero-order chi connectivity index (χ0) is 20.2. The number of carbonyl (C=O) groups excluding carboxylic acids is 2. The van der Waals surface area contributed by atoms with Crippen molar-refractivity contribution in [2.24, 2.45) is 0 Å². The van der Waals surface area contributed by atoms with E-state index < -0.39 is 0 Å². The molecule has 1 aliphatic carbocycles. The summed E-state index contributed by atoms with van der Waals surface area (Å²) in [6.45, 7) is 2.32. The van der Waals surface area contributed by atoms with Gasteiger partial charge in [-0.1, -0.05) is 24.3 Å². The van der Waals surface area contributed by atoms with Crippen LogP contribution >= 0.6 is 0 Å². The van der Waals surface area contributed by atoms with Crippen LogP contribution in [0.15, 0.2) is 42.5 Å². The van der Waals surface area contributed by atoms with Gasteiger partial charge in [-0.15, -0.1) is 0 Å². The predicted molar refractivity (Wildman–Crippen MR) is 112 cm³/mol. The van der Waals surface area contributed by atoms with Crippen LogP contribution in [0, 0.1) is 5.82 Å². The Morgan fingerprint density at radius 1 is 0.862 bits per heavy atom. The van der Waals surface area contributed by atoms with E-state index in [1.165, 1.54) is 30.0 Å². The van der Waals surface area contributed by atoms with Crippen LogP contribution in [0.1, 0.15) is 47.2 Å². The summed E-state index contributed by atoms with van der Waals surface area (Å²) in [6, 6.07) is 12.7. The van der Waals surface area contributed by atoms with E-state index in [4.69, 9.17) is 0 Å². The van der Waals surface area contributed by atoms with Crippen molar-refractivity contribution >= 4 is 17.4 Å². The fourth-order valence-corrected chi connectivity index (χ4v) is 4.33. The van der Waals surface area contributed by atoms with E-state index in [1.807, 2.05) is 23.1 Å². The van der Waals surface area contributed by atoms with E-state index in [-0.39, 0.29) is 30.3 Å². The number of benzene rings is 2. The number of fused-ring (bicyclic) bond motifs is 1. The molecule has 29 heavy (non-hydrogen) atoms. The molecule has 0 N–H and O–H groups in total. The third-order valence-electron chi connectivity index (χ3n) is 6.06. The quantitative estimate of drug-likeness (QED) is 0.720. The smallest absolute Gasteiger partial charge is 0.223 e. The van der Waals surface area contributed by atoms with Gasteiger partial charge in [-0.3, -0.25) is 9.59 Å². The third kappa shape index (κ3) is 4.50. The second-order valence-corrected chi connectivity index (χ2v) is 7.93. The summed E-state index contributed by atoms with van der Waals surface area (Å²) in [5.74, 6) is -0.191. The fraction of sp³-hybridized carbons (Fsp3) is 0.417. The van der Waals surface area contributed by atoms with Gasteiger partial charge >= 0.3 is 0 Å². The number of rotatable bonds is 5. The Morgan fingerprint density at radius 3 is 2.34 bits per heavy atom. The van der Waals surface area contributed by atoms with Crippen LogP contribution in [0.5, 0.6) is 0 Å². The molecule has 0 atom stereocenters.